The Morgan fingerprint density at radius 2 is 1.65 bits per heavy atom. The Bertz CT molecular complexity index is 969. The topological polar surface area (TPSA) is 90.8 Å². The maximum absolute atomic E-state index is 11.9. The summed E-state index contributed by atoms with van der Waals surface area (Å²) in [6.07, 6.45) is 4.46. The van der Waals surface area contributed by atoms with Crippen LogP contribution in [0.25, 0.3) is 5.57 Å². The third kappa shape index (κ3) is 3.09. The van der Waals surface area contributed by atoms with Crippen LogP contribution in [0.5, 0.6) is 0 Å². The summed E-state index contributed by atoms with van der Waals surface area (Å²) in [7, 11) is 0.180. The van der Waals surface area contributed by atoms with E-state index in [-0.39, 0.29) is 16.6 Å². The Kier molecular flexibility index (Phi) is 4.55. The number of hydrazine groups is 1. The molecule has 1 aliphatic rings. The zero-order chi connectivity index (χ0) is 19.1. The van der Waals surface area contributed by atoms with Crippen molar-refractivity contribution in [2.75, 3.05) is 20.4 Å². The molecule has 136 valence electrons. The number of carboxylic acids is 1. The van der Waals surface area contributed by atoms with Gasteiger partial charge in [-0.3, -0.25) is 4.98 Å². The summed E-state index contributed by atoms with van der Waals surface area (Å²) in [5, 5.41) is 13.2. The molecule has 1 atom stereocenters. The second kappa shape index (κ2) is 6.54. The van der Waals surface area contributed by atoms with Crippen molar-refractivity contribution in [3.05, 3.63) is 65.6 Å². The van der Waals surface area contributed by atoms with Crippen molar-refractivity contribution < 1.29 is 18.3 Å². The van der Waals surface area contributed by atoms with Crippen molar-refractivity contribution >= 4 is 21.4 Å². The van der Waals surface area contributed by atoms with Crippen LogP contribution in [0.3, 0.4) is 0 Å². The zero-order valence-corrected chi connectivity index (χ0v) is 15.4. The molecule has 0 saturated carbocycles. The molecule has 0 radical (unpaired) electrons. The van der Waals surface area contributed by atoms with Crippen LogP contribution in [0, 0.1) is 0 Å². The SMILES string of the molecule is CN1C(C(=O)O)=C(c2ccc(S(C)(=O)=O)cc2)C(c2ccncc2)N1C. The Hall–Kier alpha value is -2.71. The van der Waals surface area contributed by atoms with Gasteiger partial charge in [-0.2, -0.15) is 0 Å². The van der Waals surface area contributed by atoms with Gasteiger partial charge >= 0.3 is 5.97 Å². The highest BCUT2D eigenvalue weighted by atomic mass is 32.2. The molecule has 1 aromatic heterocycles. The molecule has 0 amide bonds. The van der Waals surface area contributed by atoms with E-state index in [4.69, 9.17) is 0 Å². The third-order valence-corrected chi connectivity index (χ3v) is 5.65. The number of nitrogens with zero attached hydrogens (tertiary/aromatic N) is 3. The Morgan fingerprint density at radius 3 is 2.15 bits per heavy atom. The third-order valence-electron chi connectivity index (χ3n) is 4.52. The highest BCUT2D eigenvalue weighted by molar-refractivity contribution is 7.90. The van der Waals surface area contributed by atoms with Crippen molar-refractivity contribution in [2.45, 2.75) is 10.9 Å². The van der Waals surface area contributed by atoms with Crippen LogP contribution in [-0.2, 0) is 14.6 Å². The molecule has 3 rings (SSSR count). The van der Waals surface area contributed by atoms with Gasteiger partial charge in [0, 0.05) is 38.3 Å². The van der Waals surface area contributed by atoms with Crippen LogP contribution in [-0.4, -0.2) is 54.8 Å². The van der Waals surface area contributed by atoms with E-state index in [1.54, 1.807) is 36.6 Å². The zero-order valence-electron chi connectivity index (χ0n) is 14.6. The number of pyridine rings is 1. The molecule has 26 heavy (non-hydrogen) atoms. The van der Waals surface area contributed by atoms with Crippen LogP contribution in [0.15, 0.2) is 59.4 Å². The number of aliphatic carboxylic acids is 1. The standard InChI is InChI=1S/C18H19N3O4S/c1-20-16(13-8-10-19-11-9-13)15(17(18(22)23)21(20)2)12-4-6-14(7-5-12)26(3,24)25/h4-11,16H,1-3H3,(H,22,23). The lowest BCUT2D eigenvalue weighted by molar-refractivity contribution is -0.135. The van der Waals surface area contributed by atoms with E-state index in [0.29, 0.717) is 11.1 Å². The van der Waals surface area contributed by atoms with Crippen molar-refractivity contribution in [1.82, 2.24) is 15.0 Å². The van der Waals surface area contributed by atoms with Gasteiger partial charge in [0.15, 0.2) is 9.84 Å². The van der Waals surface area contributed by atoms with Gasteiger partial charge in [0.2, 0.25) is 0 Å². The van der Waals surface area contributed by atoms with E-state index in [0.717, 1.165) is 11.8 Å². The second-order valence-electron chi connectivity index (χ2n) is 6.14. The lowest BCUT2D eigenvalue weighted by Gasteiger charge is -2.28. The fourth-order valence-electron chi connectivity index (χ4n) is 3.18. The quantitative estimate of drug-likeness (QED) is 0.874. The average molecular weight is 373 g/mol. The molecule has 1 unspecified atom stereocenters. The molecule has 1 N–H and O–H groups in total. The summed E-state index contributed by atoms with van der Waals surface area (Å²) < 4.78 is 23.4. The summed E-state index contributed by atoms with van der Waals surface area (Å²) in [4.78, 5) is 16.1. The first-order valence-corrected chi connectivity index (χ1v) is 9.75. The van der Waals surface area contributed by atoms with E-state index in [9.17, 15) is 18.3 Å². The molecule has 0 fully saturated rings. The van der Waals surface area contributed by atoms with Gasteiger partial charge in [-0.25, -0.2) is 18.2 Å². The predicted octanol–water partition coefficient (Wildman–Crippen LogP) is 1.81. The van der Waals surface area contributed by atoms with Crippen LogP contribution < -0.4 is 0 Å². The highest BCUT2D eigenvalue weighted by Gasteiger charge is 2.39. The van der Waals surface area contributed by atoms with E-state index < -0.39 is 15.8 Å². The fourth-order valence-corrected chi connectivity index (χ4v) is 3.81. The van der Waals surface area contributed by atoms with E-state index >= 15 is 0 Å². The highest BCUT2D eigenvalue weighted by Crippen LogP contribution is 2.43. The van der Waals surface area contributed by atoms with Gasteiger partial charge in [-0.1, -0.05) is 12.1 Å². The number of carboxylic acid groups (broad SMARTS) is 1. The number of aromatic nitrogens is 1. The van der Waals surface area contributed by atoms with Gasteiger partial charge in [-0.15, -0.1) is 0 Å². The molecule has 0 saturated heterocycles. The normalized spacial score (nSPS) is 18.4. The first-order chi connectivity index (χ1) is 12.2. The van der Waals surface area contributed by atoms with E-state index in [2.05, 4.69) is 4.98 Å². The van der Waals surface area contributed by atoms with E-state index in [1.807, 2.05) is 24.2 Å². The molecular formula is C18H19N3O4S. The second-order valence-corrected chi connectivity index (χ2v) is 8.16. The summed E-state index contributed by atoms with van der Waals surface area (Å²) in [5.41, 5.74) is 2.32. The van der Waals surface area contributed by atoms with Crippen molar-refractivity contribution in [3.63, 3.8) is 0 Å². The molecule has 0 spiro atoms. The van der Waals surface area contributed by atoms with Crippen molar-refractivity contribution in [2.24, 2.45) is 0 Å². The molecule has 0 bridgehead atoms. The lowest BCUT2D eigenvalue weighted by atomic mass is 9.93. The maximum atomic E-state index is 11.9. The first kappa shape index (κ1) is 18.1. The molecule has 1 aliphatic heterocycles. The minimum absolute atomic E-state index is 0.154. The smallest absolute Gasteiger partial charge is 0.353 e. The van der Waals surface area contributed by atoms with Crippen molar-refractivity contribution in [3.8, 4) is 0 Å². The largest absolute Gasteiger partial charge is 0.477 e. The van der Waals surface area contributed by atoms with Gasteiger partial charge < -0.3 is 10.1 Å². The maximum Gasteiger partial charge on any atom is 0.353 e. The summed E-state index contributed by atoms with van der Waals surface area (Å²) in [6, 6.07) is 9.65. The molecule has 0 aliphatic carbocycles. The first-order valence-electron chi connectivity index (χ1n) is 7.86. The number of hydrogen-bond donors (Lipinski definition) is 1. The molecular weight excluding hydrogens is 354 g/mol. The number of benzene rings is 1. The number of rotatable bonds is 4. The predicted molar refractivity (Wildman–Crippen MR) is 96.6 cm³/mol. The summed E-state index contributed by atoms with van der Waals surface area (Å²) in [6.45, 7) is 0. The molecule has 1 aromatic carbocycles. The Morgan fingerprint density at radius 1 is 1.08 bits per heavy atom. The van der Waals surface area contributed by atoms with Crippen LogP contribution >= 0.6 is 0 Å². The monoisotopic (exact) mass is 373 g/mol. The molecule has 2 heterocycles. The van der Waals surface area contributed by atoms with Crippen LogP contribution in [0.1, 0.15) is 17.2 Å². The van der Waals surface area contributed by atoms with Gasteiger partial charge in [0.1, 0.15) is 5.70 Å². The fraction of sp³-hybridized carbons (Fsp3) is 0.222. The molecule has 2 aromatic rings. The Balaban J connectivity index is 2.19. The van der Waals surface area contributed by atoms with E-state index in [1.165, 1.54) is 12.1 Å². The van der Waals surface area contributed by atoms with Crippen molar-refractivity contribution in [1.29, 1.82) is 0 Å². The van der Waals surface area contributed by atoms with Crippen LogP contribution in [0.4, 0.5) is 0 Å². The average Bonchev–Trinajstić information content (AvgIpc) is 2.87. The lowest BCUT2D eigenvalue weighted by Crippen LogP contribution is -2.34. The number of sulfone groups is 1. The minimum Gasteiger partial charge on any atom is -0.477 e. The summed E-state index contributed by atoms with van der Waals surface area (Å²) >= 11 is 0. The van der Waals surface area contributed by atoms with Crippen LogP contribution in [0.2, 0.25) is 0 Å². The summed E-state index contributed by atoms with van der Waals surface area (Å²) in [5.74, 6) is -1.04. The van der Waals surface area contributed by atoms with Gasteiger partial charge in [0.05, 0.1) is 10.9 Å². The Labute approximate surface area is 152 Å². The number of likely N-dealkylation sites (N-methyl/N-ethyl adjacent to an activating group) is 2. The number of hydrogen-bond acceptors (Lipinski definition) is 6. The van der Waals surface area contributed by atoms with Gasteiger partial charge in [0.25, 0.3) is 0 Å². The number of carbonyl (C=O) groups is 1. The molecule has 8 heteroatoms. The minimum atomic E-state index is -3.32. The van der Waals surface area contributed by atoms with Gasteiger partial charge in [-0.05, 0) is 35.4 Å². The molecule has 7 nitrogen and oxygen atoms in total.